The number of carbonyl (C=O) groups is 1. The molecule has 0 aromatic heterocycles. The molecule has 3 nitrogen and oxygen atoms in total. The van der Waals surface area contributed by atoms with Gasteiger partial charge in [0.1, 0.15) is 17.1 Å². The van der Waals surface area contributed by atoms with Gasteiger partial charge in [-0.15, -0.1) is 0 Å². The largest absolute Gasteiger partial charge is 0.497 e. The van der Waals surface area contributed by atoms with E-state index in [1.165, 1.54) is 0 Å². The van der Waals surface area contributed by atoms with Crippen LogP contribution >= 0.6 is 0 Å². The zero-order chi connectivity index (χ0) is 13.3. The fourth-order valence-electron chi connectivity index (χ4n) is 2.66. The molecular formula is C15H20O3. The highest BCUT2D eigenvalue weighted by Gasteiger charge is 2.37. The summed E-state index contributed by atoms with van der Waals surface area (Å²) in [6.07, 6.45) is 1.32. The highest BCUT2D eigenvalue weighted by atomic mass is 16.5. The second-order valence-electron chi connectivity index (χ2n) is 5.61. The molecule has 1 aromatic carbocycles. The van der Waals surface area contributed by atoms with E-state index >= 15 is 0 Å². The summed E-state index contributed by atoms with van der Waals surface area (Å²) in [5.74, 6) is 2.01. The average molecular weight is 248 g/mol. The summed E-state index contributed by atoms with van der Waals surface area (Å²) in [5.41, 5.74) is 0.253. The number of ether oxygens (including phenoxy) is 2. The van der Waals surface area contributed by atoms with Crippen LogP contribution in [-0.2, 0) is 0 Å². The van der Waals surface area contributed by atoms with E-state index < -0.39 is 0 Å². The van der Waals surface area contributed by atoms with Gasteiger partial charge in [-0.3, -0.25) is 4.79 Å². The van der Waals surface area contributed by atoms with Crippen LogP contribution in [-0.4, -0.2) is 18.5 Å². The van der Waals surface area contributed by atoms with Gasteiger partial charge in [-0.1, -0.05) is 13.8 Å². The lowest BCUT2D eigenvalue weighted by molar-refractivity contribution is 0.0391. The number of Topliss-reactive ketones (excluding diaryl/α,β-unsaturated/α-hetero) is 1. The molecule has 1 aromatic rings. The molecule has 1 aliphatic heterocycles. The Bertz CT molecular complexity index is 465. The number of benzene rings is 1. The van der Waals surface area contributed by atoms with Gasteiger partial charge in [0.2, 0.25) is 0 Å². The molecule has 0 bridgehead atoms. The third-order valence-electron chi connectivity index (χ3n) is 3.22. The first-order valence-electron chi connectivity index (χ1n) is 6.34. The summed E-state index contributed by atoms with van der Waals surface area (Å²) in [5, 5.41) is 0. The molecule has 0 spiro atoms. The van der Waals surface area contributed by atoms with E-state index in [1.54, 1.807) is 13.2 Å². The number of hydrogen-bond acceptors (Lipinski definition) is 3. The minimum atomic E-state index is -0.382. The first-order chi connectivity index (χ1) is 8.43. The molecule has 3 heteroatoms. The van der Waals surface area contributed by atoms with Gasteiger partial charge in [0.25, 0.3) is 0 Å². The molecule has 0 N–H and O–H groups in total. The molecule has 0 saturated heterocycles. The molecule has 1 unspecified atom stereocenters. The standard InChI is InChI=1S/C15H20O3/c1-10(2)8-15(3)9-13(16)12-7-11(17-4)5-6-14(12)18-15/h5-7,10H,8-9H2,1-4H3. The maximum absolute atomic E-state index is 12.2. The van der Waals surface area contributed by atoms with Crippen molar-refractivity contribution < 1.29 is 14.3 Å². The van der Waals surface area contributed by atoms with Crippen LogP contribution in [0.15, 0.2) is 18.2 Å². The number of carbonyl (C=O) groups excluding carboxylic acids is 1. The van der Waals surface area contributed by atoms with Gasteiger partial charge in [0, 0.05) is 0 Å². The lowest BCUT2D eigenvalue weighted by atomic mass is 9.85. The van der Waals surface area contributed by atoms with Crippen LogP contribution in [0.1, 0.15) is 44.0 Å². The van der Waals surface area contributed by atoms with Crippen LogP contribution in [0.5, 0.6) is 11.5 Å². The number of fused-ring (bicyclic) bond motifs is 1. The minimum absolute atomic E-state index is 0.137. The first kappa shape index (κ1) is 12.9. The van der Waals surface area contributed by atoms with Crippen molar-refractivity contribution in [2.24, 2.45) is 5.92 Å². The summed E-state index contributed by atoms with van der Waals surface area (Å²) in [6.45, 7) is 6.29. The molecule has 0 aliphatic carbocycles. The van der Waals surface area contributed by atoms with Crippen molar-refractivity contribution in [2.45, 2.75) is 39.2 Å². The maximum atomic E-state index is 12.2. The Kier molecular flexibility index (Phi) is 3.33. The summed E-state index contributed by atoms with van der Waals surface area (Å²) in [6, 6.07) is 5.41. The van der Waals surface area contributed by atoms with E-state index in [0.717, 1.165) is 6.42 Å². The SMILES string of the molecule is COc1ccc2c(c1)C(=O)CC(C)(CC(C)C)O2. The minimum Gasteiger partial charge on any atom is -0.497 e. The van der Waals surface area contributed by atoms with Gasteiger partial charge in [0.05, 0.1) is 19.1 Å². The molecule has 0 fully saturated rings. The highest BCUT2D eigenvalue weighted by molar-refractivity contribution is 6.00. The predicted octanol–water partition coefficient (Wildman–Crippen LogP) is 3.47. The molecule has 2 rings (SSSR count). The smallest absolute Gasteiger partial charge is 0.170 e. The third kappa shape index (κ3) is 2.50. The number of ketones is 1. The normalized spacial score (nSPS) is 22.6. The molecule has 1 heterocycles. The van der Waals surface area contributed by atoms with Crippen molar-refractivity contribution in [1.82, 2.24) is 0 Å². The lowest BCUT2D eigenvalue weighted by Gasteiger charge is -2.36. The first-order valence-corrected chi connectivity index (χ1v) is 6.34. The van der Waals surface area contributed by atoms with Crippen LogP contribution in [0.25, 0.3) is 0 Å². The summed E-state index contributed by atoms with van der Waals surface area (Å²) in [7, 11) is 1.60. The maximum Gasteiger partial charge on any atom is 0.170 e. The van der Waals surface area contributed by atoms with Crippen molar-refractivity contribution >= 4 is 5.78 Å². The van der Waals surface area contributed by atoms with Crippen LogP contribution < -0.4 is 9.47 Å². The van der Waals surface area contributed by atoms with E-state index in [2.05, 4.69) is 13.8 Å². The predicted molar refractivity (Wildman–Crippen MR) is 70.4 cm³/mol. The van der Waals surface area contributed by atoms with Crippen LogP contribution in [0, 0.1) is 5.92 Å². The van der Waals surface area contributed by atoms with E-state index in [4.69, 9.17) is 9.47 Å². The summed E-state index contributed by atoms with van der Waals surface area (Å²) in [4.78, 5) is 12.2. The number of hydrogen-bond donors (Lipinski definition) is 0. The number of methoxy groups -OCH3 is 1. The second kappa shape index (κ2) is 4.63. The Hall–Kier alpha value is -1.51. The van der Waals surface area contributed by atoms with Crippen molar-refractivity contribution in [3.63, 3.8) is 0 Å². The van der Waals surface area contributed by atoms with Gasteiger partial charge in [-0.05, 0) is 37.5 Å². The van der Waals surface area contributed by atoms with Gasteiger partial charge in [-0.2, -0.15) is 0 Å². The van der Waals surface area contributed by atoms with E-state index in [1.807, 2.05) is 19.1 Å². The Morgan fingerprint density at radius 2 is 2.17 bits per heavy atom. The van der Waals surface area contributed by atoms with Crippen LogP contribution in [0.2, 0.25) is 0 Å². The molecule has 98 valence electrons. The van der Waals surface area contributed by atoms with Gasteiger partial charge in [-0.25, -0.2) is 0 Å². The molecule has 0 amide bonds. The zero-order valence-corrected chi connectivity index (χ0v) is 11.4. The van der Waals surface area contributed by atoms with E-state index in [9.17, 15) is 4.79 Å². The summed E-state index contributed by atoms with van der Waals surface area (Å²) >= 11 is 0. The third-order valence-corrected chi connectivity index (χ3v) is 3.22. The van der Waals surface area contributed by atoms with E-state index in [0.29, 0.717) is 29.4 Å². The molecule has 1 atom stereocenters. The lowest BCUT2D eigenvalue weighted by Crippen LogP contribution is -2.40. The monoisotopic (exact) mass is 248 g/mol. The summed E-state index contributed by atoms with van der Waals surface area (Å²) < 4.78 is 11.2. The Labute approximate surface area is 108 Å². The van der Waals surface area contributed by atoms with Crippen LogP contribution in [0.3, 0.4) is 0 Å². The highest BCUT2D eigenvalue weighted by Crippen LogP contribution is 2.38. The van der Waals surface area contributed by atoms with Crippen molar-refractivity contribution in [1.29, 1.82) is 0 Å². The molecule has 18 heavy (non-hydrogen) atoms. The number of rotatable bonds is 3. The van der Waals surface area contributed by atoms with Crippen molar-refractivity contribution in [3.05, 3.63) is 23.8 Å². The van der Waals surface area contributed by atoms with Gasteiger partial charge < -0.3 is 9.47 Å². The quantitative estimate of drug-likeness (QED) is 0.821. The van der Waals surface area contributed by atoms with Gasteiger partial charge in [0.15, 0.2) is 5.78 Å². The Morgan fingerprint density at radius 3 is 2.78 bits per heavy atom. The van der Waals surface area contributed by atoms with Gasteiger partial charge >= 0.3 is 0 Å². The second-order valence-corrected chi connectivity index (χ2v) is 5.61. The molecule has 0 radical (unpaired) electrons. The molecule has 0 saturated carbocycles. The average Bonchev–Trinajstić information content (AvgIpc) is 2.26. The van der Waals surface area contributed by atoms with Crippen molar-refractivity contribution in [3.8, 4) is 11.5 Å². The fraction of sp³-hybridized carbons (Fsp3) is 0.533. The van der Waals surface area contributed by atoms with E-state index in [-0.39, 0.29) is 11.4 Å². The Morgan fingerprint density at radius 1 is 1.44 bits per heavy atom. The Balaban J connectivity index is 2.32. The zero-order valence-electron chi connectivity index (χ0n) is 11.4. The van der Waals surface area contributed by atoms with Crippen molar-refractivity contribution in [2.75, 3.05) is 7.11 Å². The molecule has 1 aliphatic rings. The van der Waals surface area contributed by atoms with Crippen LogP contribution in [0.4, 0.5) is 0 Å². The molecular weight excluding hydrogens is 228 g/mol. The fourth-order valence-corrected chi connectivity index (χ4v) is 2.66. The topological polar surface area (TPSA) is 35.5 Å².